The summed E-state index contributed by atoms with van der Waals surface area (Å²) in [6.45, 7) is 0. The van der Waals surface area contributed by atoms with Gasteiger partial charge in [-0.25, -0.2) is 15.2 Å². The van der Waals surface area contributed by atoms with Crippen LogP contribution in [-0.4, -0.2) is 14.2 Å². The van der Waals surface area contributed by atoms with Crippen molar-refractivity contribution in [3.63, 3.8) is 0 Å². The Labute approximate surface area is 68.1 Å². The van der Waals surface area contributed by atoms with E-state index < -0.39 is 0 Å². The Morgan fingerprint density at radius 1 is 1.55 bits per heavy atom. The fraction of sp³-hybridized carbons (Fsp3) is 0. The van der Waals surface area contributed by atoms with Crippen LogP contribution in [0.4, 0.5) is 0 Å². The van der Waals surface area contributed by atoms with E-state index in [1.807, 2.05) is 17.8 Å². The summed E-state index contributed by atoms with van der Waals surface area (Å²) in [6, 6.07) is 0. The van der Waals surface area contributed by atoms with Crippen LogP contribution in [-0.2, 0) is 0 Å². The number of nitrogens with zero attached hydrogens (tertiary/aromatic N) is 3. The zero-order valence-corrected chi connectivity index (χ0v) is 6.45. The van der Waals surface area contributed by atoms with E-state index in [2.05, 4.69) is 15.9 Å². The monoisotopic (exact) mass is 169 g/mol. The molecule has 1 aliphatic rings. The van der Waals surface area contributed by atoms with Crippen LogP contribution < -0.4 is 11.0 Å². The lowest BCUT2D eigenvalue weighted by atomic mass is 11.0. The minimum Gasteiger partial charge on any atom is -0.297 e. The molecule has 0 amide bonds. The van der Waals surface area contributed by atoms with Crippen molar-refractivity contribution in [1.29, 1.82) is 0 Å². The van der Waals surface area contributed by atoms with Gasteiger partial charge in [0, 0.05) is 24.0 Å². The van der Waals surface area contributed by atoms with Gasteiger partial charge in [-0.05, 0) is 11.9 Å². The molecule has 0 aliphatic carbocycles. The fourth-order valence-corrected chi connectivity index (χ4v) is 1.20. The topological polar surface area (TPSA) is 45.1 Å². The number of rotatable bonds is 2. The molecule has 0 saturated carbocycles. The van der Waals surface area contributed by atoms with Crippen LogP contribution in [0.2, 0.25) is 0 Å². The maximum Gasteiger partial charge on any atom is 0.115 e. The molecule has 0 unspecified atom stereocenters. The summed E-state index contributed by atoms with van der Waals surface area (Å²) in [7, 11) is 0. The molecule has 0 fully saturated rings. The van der Waals surface area contributed by atoms with Gasteiger partial charge in [0.2, 0.25) is 0 Å². The van der Waals surface area contributed by atoms with Crippen LogP contribution in [0.5, 0.6) is 0 Å². The molecule has 0 saturated heterocycles. The lowest BCUT2D eigenvalue weighted by molar-refractivity contribution is 0.433. The van der Waals surface area contributed by atoms with E-state index in [1.165, 1.54) is 11.9 Å². The van der Waals surface area contributed by atoms with E-state index in [1.54, 1.807) is 21.7 Å². The molecule has 2 rings (SSSR count). The number of hydrogen-bond donors (Lipinski definition) is 2. The second-order valence-corrected chi connectivity index (χ2v) is 2.75. The highest BCUT2D eigenvalue weighted by atomic mass is 32.2. The molecule has 6 heteroatoms. The van der Waals surface area contributed by atoms with Gasteiger partial charge in [0.1, 0.15) is 6.33 Å². The van der Waals surface area contributed by atoms with Crippen molar-refractivity contribution in [1.82, 2.24) is 19.6 Å². The third-order valence-electron chi connectivity index (χ3n) is 1.14. The summed E-state index contributed by atoms with van der Waals surface area (Å²) in [5, 5.41) is 1.93. The minimum atomic E-state index is 1.52. The molecule has 1 aliphatic heterocycles. The molecule has 0 aromatic carbocycles. The molecular weight excluding hydrogens is 162 g/mol. The standard InChI is InChI=1S/C5H7N5S/c1-3-9(5-6-1)8-10-7-2-4-11-10/h1-5,7-8H. The number of hydrogen-bond acceptors (Lipinski definition) is 5. The molecule has 2 N–H and O–H groups in total. The molecule has 0 bridgehead atoms. The maximum absolute atomic E-state index is 3.88. The summed E-state index contributed by atoms with van der Waals surface area (Å²) >= 11 is 1.52. The average Bonchev–Trinajstić information content (AvgIpc) is 2.60. The van der Waals surface area contributed by atoms with Gasteiger partial charge in [-0.3, -0.25) is 5.43 Å². The first-order valence-electron chi connectivity index (χ1n) is 3.08. The van der Waals surface area contributed by atoms with Crippen molar-refractivity contribution in [2.45, 2.75) is 0 Å². The van der Waals surface area contributed by atoms with E-state index in [0.717, 1.165) is 0 Å². The molecular formula is C5H7N5S. The molecule has 1 aromatic rings. The fourth-order valence-electron chi connectivity index (χ4n) is 0.695. The van der Waals surface area contributed by atoms with Crippen molar-refractivity contribution >= 4 is 11.9 Å². The number of imidazole rings is 1. The lowest BCUT2D eigenvalue weighted by Crippen LogP contribution is -2.35. The number of hydrazine groups is 2. The van der Waals surface area contributed by atoms with Gasteiger partial charge < -0.3 is 0 Å². The van der Waals surface area contributed by atoms with E-state index in [0.29, 0.717) is 0 Å². The van der Waals surface area contributed by atoms with Gasteiger partial charge in [0.05, 0.1) is 0 Å². The summed E-state index contributed by atoms with van der Waals surface area (Å²) in [5.74, 6) is 0. The van der Waals surface area contributed by atoms with Crippen molar-refractivity contribution in [3.8, 4) is 0 Å². The van der Waals surface area contributed by atoms with Crippen molar-refractivity contribution in [2.24, 2.45) is 0 Å². The van der Waals surface area contributed by atoms with Crippen LogP contribution in [0.25, 0.3) is 0 Å². The zero-order chi connectivity index (χ0) is 7.52. The number of aromatic nitrogens is 2. The summed E-state index contributed by atoms with van der Waals surface area (Å²) in [4.78, 5) is 3.88. The Hall–Kier alpha value is -1.14. The Kier molecular flexibility index (Phi) is 1.70. The van der Waals surface area contributed by atoms with Crippen molar-refractivity contribution in [2.75, 3.05) is 5.53 Å². The van der Waals surface area contributed by atoms with Gasteiger partial charge in [-0.2, -0.15) is 0 Å². The first-order valence-corrected chi connectivity index (χ1v) is 3.91. The van der Waals surface area contributed by atoms with Crippen LogP contribution in [0.3, 0.4) is 0 Å². The smallest absolute Gasteiger partial charge is 0.115 e. The van der Waals surface area contributed by atoms with E-state index in [9.17, 15) is 0 Å². The molecule has 0 atom stereocenters. The number of nitrogens with one attached hydrogen (secondary N) is 2. The van der Waals surface area contributed by atoms with Gasteiger partial charge >= 0.3 is 0 Å². The summed E-state index contributed by atoms with van der Waals surface area (Å²) < 4.78 is 3.49. The second-order valence-electron chi connectivity index (χ2n) is 1.90. The highest BCUT2D eigenvalue weighted by Crippen LogP contribution is 2.10. The molecule has 0 spiro atoms. The minimum absolute atomic E-state index is 1.52. The lowest BCUT2D eigenvalue weighted by Gasteiger charge is -2.16. The van der Waals surface area contributed by atoms with Gasteiger partial charge in [-0.1, -0.05) is 4.52 Å². The van der Waals surface area contributed by atoms with Gasteiger partial charge in [-0.15, -0.1) is 0 Å². The SMILES string of the molecule is C1=CSN(Nn2ccnc2)N1. The predicted molar refractivity (Wildman–Crippen MR) is 43.3 cm³/mol. The largest absolute Gasteiger partial charge is 0.297 e. The Morgan fingerprint density at radius 2 is 2.55 bits per heavy atom. The van der Waals surface area contributed by atoms with E-state index >= 15 is 0 Å². The van der Waals surface area contributed by atoms with Crippen LogP contribution in [0.1, 0.15) is 0 Å². The second kappa shape index (κ2) is 2.85. The van der Waals surface area contributed by atoms with Gasteiger partial charge in [0.15, 0.2) is 0 Å². The Bertz CT molecular complexity index is 235. The predicted octanol–water partition coefficient (Wildman–Crippen LogP) is 0.281. The van der Waals surface area contributed by atoms with Gasteiger partial charge in [0.25, 0.3) is 0 Å². The maximum atomic E-state index is 3.88. The Balaban J connectivity index is 1.91. The Morgan fingerprint density at radius 3 is 3.18 bits per heavy atom. The van der Waals surface area contributed by atoms with E-state index in [4.69, 9.17) is 0 Å². The van der Waals surface area contributed by atoms with Crippen LogP contribution >= 0.6 is 11.9 Å². The van der Waals surface area contributed by atoms with Crippen LogP contribution in [0, 0.1) is 0 Å². The highest BCUT2D eigenvalue weighted by Gasteiger charge is 2.04. The van der Waals surface area contributed by atoms with E-state index in [-0.39, 0.29) is 0 Å². The van der Waals surface area contributed by atoms with Crippen molar-refractivity contribution in [3.05, 3.63) is 30.3 Å². The normalized spacial score (nSPS) is 16.7. The zero-order valence-electron chi connectivity index (χ0n) is 5.64. The highest BCUT2D eigenvalue weighted by molar-refractivity contribution is 8.00. The molecule has 58 valence electrons. The van der Waals surface area contributed by atoms with Crippen molar-refractivity contribution < 1.29 is 0 Å². The molecule has 1 aromatic heterocycles. The quantitative estimate of drug-likeness (QED) is 0.623. The third kappa shape index (κ3) is 1.47. The molecule has 5 nitrogen and oxygen atoms in total. The third-order valence-corrected chi connectivity index (χ3v) is 1.79. The summed E-state index contributed by atoms with van der Waals surface area (Å²) in [6.07, 6.45) is 7.05. The molecule has 0 radical (unpaired) electrons. The molecule has 2 heterocycles. The first-order chi connectivity index (χ1) is 5.45. The van der Waals surface area contributed by atoms with Crippen LogP contribution in [0.15, 0.2) is 30.3 Å². The first kappa shape index (κ1) is 6.56. The summed E-state index contributed by atoms with van der Waals surface area (Å²) in [5.41, 5.74) is 5.95. The molecule has 11 heavy (non-hydrogen) atoms. The average molecular weight is 169 g/mol.